The van der Waals surface area contributed by atoms with E-state index in [1.165, 1.54) is 12.1 Å². The Morgan fingerprint density at radius 3 is 2.20 bits per heavy atom. The Bertz CT molecular complexity index is 672. The maximum absolute atomic E-state index is 12.3. The fraction of sp³-hybridized carbons (Fsp3) is 0.0769. The van der Waals surface area contributed by atoms with Gasteiger partial charge in [0.1, 0.15) is 5.75 Å². The lowest BCUT2D eigenvalue weighted by Crippen LogP contribution is -2.02. The van der Waals surface area contributed by atoms with Crippen LogP contribution in [0.3, 0.4) is 0 Å². The fourth-order valence-corrected chi connectivity index (χ4v) is 2.25. The van der Waals surface area contributed by atoms with Gasteiger partial charge in [0.2, 0.25) is 0 Å². The third kappa shape index (κ3) is 4.97. The molecule has 0 fully saturated rings. The highest BCUT2D eigenvalue weighted by atomic mass is 127. The molecule has 0 radical (unpaired) electrons. The van der Waals surface area contributed by atoms with Crippen molar-refractivity contribution in [2.45, 2.75) is 6.54 Å². The van der Waals surface area contributed by atoms with Crippen molar-refractivity contribution in [2.24, 2.45) is 0 Å². The normalized spacial score (nSPS) is 11.1. The zero-order valence-electron chi connectivity index (χ0n) is 10.2. The second-order valence-corrected chi connectivity index (χ2v) is 6.18. The van der Waals surface area contributed by atoms with Crippen molar-refractivity contribution in [1.29, 1.82) is 0 Å². The van der Waals surface area contributed by atoms with E-state index in [4.69, 9.17) is 0 Å². The standard InChI is InChI=1S/C13H11FINO3S/c14-20(17,18)19-13-7-1-10(2-8-13)9-16-12-5-3-11(15)4-6-12/h1-8,16H,9H2. The van der Waals surface area contributed by atoms with Gasteiger partial charge >= 0.3 is 10.5 Å². The first-order chi connectivity index (χ1) is 9.42. The van der Waals surface area contributed by atoms with Crippen LogP contribution in [0.5, 0.6) is 5.75 Å². The van der Waals surface area contributed by atoms with Crippen molar-refractivity contribution in [3.05, 3.63) is 57.7 Å². The summed E-state index contributed by atoms with van der Waals surface area (Å²) in [6.45, 7) is 0.573. The van der Waals surface area contributed by atoms with Crippen LogP contribution in [-0.2, 0) is 17.0 Å². The second-order valence-electron chi connectivity index (χ2n) is 3.98. The number of nitrogens with one attached hydrogen (secondary N) is 1. The Hall–Kier alpha value is -1.35. The number of benzene rings is 2. The predicted molar refractivity (Wildman–Crippen MR) is 83.6 cm³/mol. The maximum atomic E-state index is 12.3. The highest BCUT2D eigenvalue weighted by molar-refractivity contribution is 14.1. The van der Waals surface area contributed by atoms with Crippen LogP contribution in [0.4, 0.5) is 9.57 Å². The van der Waals surface area contributed by atoms with E-state index < -0.39 is 10.5 Å². The van der Waals surface area contributed by atoms with Crippen LogP contribution in [0.1, 0.15) is 5.56 Å². The van der Waals surface area contributed by atoms with Crippen LogP contribution in [-0.4, -0.2) is 8.42 Å². The molecule has 106 valence electrons. The van der Waals surface area contributed by atoms with Gasteiger partial charge in [-0.05, 0) is 64.6 Å². The molecule has 0 saturated heterocycles. The van der Waals surface area contributed by atoms with Gasteiger partial charge in [-0.2, -0.15) is 8.42 Å². The van der Waals surface area contributed by atoms with E-state index in [0.717, 1.165) is 14.8 Å². The monoisotopic (exact) mass is 407 g/mol. The molecule has 2 rings (SSSR count). The first kappa shape index (κ1) is 15.0. The summed E-state index contributed by atoms with van der Waals surface area (Å²) in [5.74, 6) is -0.0504. The van der Waals surface area contributed by atoms with Crippen LogP contribution in [0.25, 0.3) is 0 Å². The molecule has 0 heterocycles. The first-order valence-electron chi connectivity index (χ1n) is 5.65. The molecule has 0 spiro atoms. The Kier molecular flexibility index (Phi) is 4.81. The van der Waals surface area contributed by atoms with Gasteiger partial charge in [0.05, 0.1) is 0 Å². The molecule has 0 saturated carbocycles. The van der Waals surface area contributed by atoms with Crippen molar-refractivity contribution in [1.82, 2.24) is 0 Å². The average Bonchev–Trinajstić information content (AvgIpc) is 2.38. The van der Waals surface area contributed by atoms with Crippen LogP contribution >= 0.6 is 22.6 Å². The molecule has 4 nitrogen and oxygen atoms in total. The van der Waals surface area contributed by atoms with Crippen molar-refractivity contribution in [3.63, 3.8) is 0 Å². The van der Waals surface area contributed by atoms with Gasteiger partial charge in [0.15, 0.2) is 0 Å². The number of anilines is 1. The smallest absolute Gasteiger partial charge is 0.381 e. The summed E-state index contributed by atoms with van der Waals surface area (Å²) in [5, 5.41) is 3.22. The molecule has 0 unspecified atom stereocenters. The zero-order chi connectivity index (χ0) is 14.6. The number of hydrogen-bond acceptors (Lipinski definition) is 4. The maximum Gasteiger partial charge on any atom is 0.488 e. The van der Waals surface area contributed by atoms with E-state index in [-0.39, 0.29) is 5.75 Å². The summed E-state index contributed by atoms with van der Waals surface area (Å²) in [6.07, 6.45) is 0. The van der Waals surface area contributed by atoms with Crippen LogP contribution < -0.4 is 9.50 Å². The minimum Gasteiger partial charge on any atom is -0.381 e. The molecule has 20 heavy (non-hydrogen) atoms. The minimum absolute atomic E-state index is 0.0504. The van der Waals surface area contributed by atoms with Crippen LogP contribution in [0.2, 0.25) is 0 Å². The predicted octanol–water partition coefficient (Wildman–Crippen LogP) is 3.50. The third-order valence-corrected chi connectivity index (χ3v) is 3.57. The van der Waals surface area contributed by atoms with Gasteiger partial charge in [-0.25, -0.2) is 0 Å². The lowest BCUT2D eigenvalue weighted by Gasteiger charge is -2.07. The molecule has 0 aliphatic heterocycles. The van der Waals surface area contributed by atoms with Gasteiger partial charge in [0.25, 0.3) is 0 Å². The van der Waals surface area contributed by atoms with E-state index in [1.807, 2.05) is 24.3 Å². The highest BCUT2D eigenvalue weighted by Gasteiger charge is 2.08. The Morgan fingerprint density at radius 2 is 1.65 bits per heavy atom. The van der Waals surface area contributed by atoms with E-state index in [1.54, 1.807) is 12.1 Å². The summed E-state index contributed by atoms with van der Waals surface area (Å²) in [7, 11) is -4.97. The van der Waals surface area contributed by atoms with E-state index in [9.17, 15) is 12.3 Å². The Labute approximate surface area is 130 Å². The third-order valence-electron chi connectivity index (χ3n) is 2.46. The number of rotatable bonds is 5. The lowest BCUT2D eigenvalue weighted by molar-refractivity contribution is 0.440. The summed E-state index contributed by atoms with van der Waals surface area (Å²) in [5.41, 5.74) is 1.91. The molecular weight excluding hydrogens is 396 g/mol. The second kappa shape index (κ2) is 6.40. The van der Waals surface area contributed by atoms with Gasteiger partial charge in [-0.1, -0.05) is 16.0 Å². The van der Waals surface area contributed by atoms with Gasteiger partial charge in [-0.15, -0.1) is 0 Å². The Balaban J connectivity index is 1.95. The molecule has 0 atom stereocenters. The molecule has 0 amide bonds. The number of halogens is 2. The molecule has 2 aromatic carbocycles. The van der Waals surface area contributed by atoms with Crippen molar-refractivity contribution < 1.29 is 16.5 Å². The lowest BCUT2D eigenvalue weighted by atomic mass is 10.2. The number of hydrogen-bond donors (Lipinski definition) is 1. The highest BCUT2D eigenvalue weighted by Crippen LogP contribution is 2.16. The SMILES string of the molecule is O=S(=O)(F)Oc1ccc(CNc2ccc(I)cc2)cc1. The fourth-order valence-electron chi connectivity index (χ4n) is 1.55. The molecule has 0 aliphatic carbocycles. The van der Waals surface area contributed by atoms with Crippen LogP contribution in [0, 0.1) is 3.57 Å². The quantitative estimate of drug-likeness (QED) is 0.609. The molecule has 0 bridgehead atoms. The molecule has 0 aliphatic rings. The summed E-state index contributed by atoms with van der Waals surface area (Å²) < 4.78 is 38.2. The summed E-state index contributed by atoms with van der Waals surface area (Å²) in [6, 6.07) is 14.1. The van der Waals surface area contributed by atoms with Gasteiger partial charge in [0, 0.05) is 15.8 Å². The topological polar surface area (TPSA) is 55.4 Å². The molecule has 1 N–H and O–H groups in total. The van der Waals surface area contributed by atoms with Gasteiger partial charge in [-0.3, -0.25) is 0 Å². The van der Waals surface area contributed by atoms with E-state index in [2.05, 4.69) is 32.1 Å². The average molecular weight is 407 g/mol. The minimum atomic E-state index is -4.97. The van der Waals surface area contributed by atoms with Gasteiger partial charge < -0.3 is 9.50 Å². The largest absolute Gasteiger partial charge is 0.488 e. The first-order valence-corrected chi connectivity index (χ1v) is 8.03. The summed E-state index contributed by atoms with van der Waals surface area (Å²) >= 11 is 2.23. The van der Waals surface area contributed by atoms with E-state index >= 15 is 0 Å². The van der Waals surface area contributed by atoms with Crippen molar-refractivity contribution in [3.8, 4) is 5.75 Å². The van der Waals surface area contributed by atoms with Crippen molar-refractivity contribution >= 4 is 38.8 Å². The van der Waals surface area contributed by atoms with Crippen LogP contribution in [0.15, 0.2) is 48.5 Å². The molecule has 2 aromatic rings. The van der Waals surface area contributed by atoms with E-state index in [0.29, 0.717) is 6.54 Å². The molecular formula is C13H11FINO3S. The molecule has 0 aromatic heterocycles. The Morgan fingerprint density at radius 1 is 1.05 bits per heavy atom. The summed E-state index contributed by atoms with van der Waals surface area (Å²) in [4.78, 5) is 0. The molecule has 7 heteroatoms. The van der Waals surface area contributed by atoms with Crippen molar-refractivity contribution in [2.75, 3.05) is 5.32 Å². The zero-order valence-corrected chi connectivity index (χ0v) is 13.2.